The summed E-state index contributed by atoms with van der Waals surface area (Å²) in [5, 5.41) is 4.26. The van der Waals surface area contributed by atoms with Gasteiger partial charge in [-0.25, -0.2) is 13.8 Å². The molecule has 0 spiro atoms. The Morgan fingerprint density at radius 3 is 2.31 bits per heavy atom. The summed E-state index contributed by atoms with van der Waals surface area (Å²) in [6.45, 7) is 8.56. The standard InChI is InChI=1S/C21H27N3O3S2/c1-14-5-7-19(8-6-14)29(26,27)24-11-9-18(10-12-24)21(25)23-22-16(3)20-13-15(2)28-17(20)4/h5-8,13,18H,9-12H2,1-4H3,(H,23,25)/b22-16-. The minimum atomic E-state index is -3.52. The van der Waals surface area contributed by atoms with Crippen molar-refractivity contribution in [3.63, 3.8) is 0 Å². The van der Waals surface area contributed by atoms with Gasteiger partial charge in [0.25, 0.3) is 0 Å². The molecule has 0 bridgehead atoms. The van der Waals surface area contributed by atoms with E-state index in [-0.39, 0.29) is 11.8 Å². The second-order valence-electron chi connectivity index (χ2n) is 7.49. The van der Waals surface area contributed by atoms with Crippen LogP contribution in [0, 0.1) is 26.7 Å². The monoisotopic (exact) mass is 433 g/mol. The van der Waals surface area contributed by atoms with Gasteiger partial charge in [-0.05, 0) is 58.7 Å². The fraction of sp³-hybridized carbons (Fsp3) is 0.429. The van der Waals surface area contributed by atoms with Crippen LogP contribution in [0.15, 0.2) is 40.3 Å². The van der Waals surface area contributed by atoms with Crippen molar-refractivity contribution < 1.29 is 13.2 Å². The van der Waals surface area contributed by atoms with Gasteiger partial charge in [0.05, 0.1) is 10.6 Å². The van der Waals surface area contributed by atoms with Crippen LogP contribution < -0.4 is 5.43 Å². The lowest BCUT2D eigenvalue weighted by molar-refractivity contribution is -0.126. The van der Waals surface area contributed by atoms with Crippen molar-refractivity contribution in [2.45, 2.75) is 45.4 Å². The highest BCUT2D eigenvalue weighted by Crippen LogP contribution is 2.24. The quantitative estimate of drug-likeness (QED) is 0.578. The Bertz CT molecular complexity index is 1020. The molecule has 0 aliphatic carbocycles. The third-order valence-corrected chi connectivity index (χ3v) is 8.13. The molecule has 2 heterocycles. The van der Waals surface area contributed by atoms with Crippen LogP contribution >= 0.6 is 11.3 Å². The average molecular weight is 434 g/mol. The molecule has 1 aromatic carbocycles. The Hall–Kier alpha value is -2.03. The van der Waals surface area contributed by atoms with Crippen molar-refractivity contribution in [1.29, 1.82) is 0 Å². The number of amides is 1. The number of benzene rings is 1. The van der Waals surface area contributed by atoms with E-state index in [2.05, 4.69) is 16.6 Å². The molecule has 1 N–H and O–H groups in total. The minimum Gasteiger partial charge on any atom is -0.273 e. The number of nitrogens with one attached hydrogen (secondary N) is 1. The highest BCUT2D eigenvalue weighted by molar-refractivity contribution is 7.89. The number of piperidine rings is 1. The molecule has 0 atom stereocenters. The molecule has 8 heteroatoms. The van der Waals surface area contributed by atoms with Gasteiger partial charge in [-0.15, -0.1) is 11.3 Å². The van der Waals surface area contributed by atoms with E-state index in [1.807, 2.05) is 27.7 Å². The number of nitrogens with zero attached hydrogens (tertiary/aromatic N) is 2. The Morgan fingerprint density at radius 1 is 1.14 bits per heavy atom. The SMILES string of the molecule is C/C(=N/NC(=O)C1CCN(S(=O)(=O)c2ccc(C)cc2)CC1)c1cc(C)sc1C. The molecule has 3 rings (SSSR count). The molecule has 1 amide bonds. The molecular weight excluding hydrogens is 406 g/mol. The van der Waals surface area contributed by atoms with E-state index in [9.17, 15) is 13.2 Å². The highest BCUT2D eigenvalue weighted by Gasteiger charge is 2.32. The molecule has 0 saturated carbocycles. The summed E-state index contributed by atoms with van der Waals surface area (Å²) in [6, 6.07) is 8.93. The first-order chi connectivity index (χ1) is 13.7. The largest absolute Gasteiger partial charge is 0.273 e. The van der Waals surface area contributed by atoms with Crippen LogP contribution in [-0.4, -0.2) is 37.4 Å². The van der Waals surface area contributed by atoms with Crippen LogP contribution in [0.4, 0.5) is 0 Å². The molecule has 1 aliphatic rings. The third-order valence-electron chi connectivity index (χ3n) is 5.25. The normalized spacial score (nSPS) is 16.8. The van der Waals surface area contributed by atoms with Gasteiger partial charge in [0.15, 0.2) is 0 Å². The van der Waals surface area contributed by atoms with Crippen LogP contribution in [0.25, 0.3) is 0 Å². The number of hydrogen-bond acceptors (Lipinski definition) is 5. The van der Waals surface area contributed by atoms with E-state index < -0.39 is 10.0 Å². The lowest BCUT2D eigenvalue weighted by atomic mass is 9.98. The van der Waals surface area contributed by atoms with Crippen LogP contribution in [0.5, 0.6) is 0 Å². The Morgan fingerprint density at radius 2 is 1.76 bits per heavy atom. The zero-order valence-electron chi connectivity index (χ0n) is 17.2. The smallest absolute Gasteiger partial charge is 0.243 e. The van der Waals surface area contributed by atoms with Crippen LogP contribution in [-0.2, 0) is 14.8 Å². The van der Waals surface area contributed by atoms with Gasteiger partial charge >= 0.3 is 0 Å². The fourth-order valence-electron chi connectivity index (χ4n) is 3.50. The first kappa shape index (κ1) is 21.7. The van der Waals surface area contributed by atoms with E-state index in [1.54, 1.807) is 35.6 Å². The first-order valence-corrected chi connectivity index (χ1v) is 11.9. The topological polar surface area (TPSA) is 78.8 Å². The number of carbonyl (C=O) groups excluding carboxylic acids is 1. The van der Waals surface area contributed by atoms with Gasteiger partial charge < -0.3 is 0 Å². The summed E-state index contributed by atoms with van der Waals surface area (Å²) in [6.07, 6.45) is 0.976. The molecule has 156 valence electrons. The first-order valence-electron chi connectivity index (χ1n) is 9.67. The molecule has 1 saturated heterocycles. The summed E-state index contributed by atoms with van der Waals surface area (Å²) >= 11 is 1.71. The lowest BCUT2D eigenvalue weighted by Gasteiger charge is -2.30. The molecule has 0 radical (unpaired) electrons. The van der Waals surface area contributed by atoms with Crippen molar-refractivity contribution in [3.8, 4) is 0 Å². The zero-order chi connectivity index (χ0) is 21.2. The van der Waals surface area contributed by atoms with Gasteiger partial charge in [-0.1, -0.05) is 17.7 Å². The Kier molecular flexibility index (Phi) is 6.55. The third kappa shape index (κ3) is 4.94. The van der Waals surface area contributed by atoms with Gasteiger partial charge in [-0.3, -0.25) is 4.79 Å². The van der Waals surface area contributed by atoms with E-state index in [0.29, 0.717) is 30.8 Å². The molecule has 29 heavy (non-hydrogen) atoms. The van der Waals surface area contributed by atoms with E-state index >= 15 is 0 Å². The molecule has 1 fully saturated rings. The average Bonchev–Trinajstić information content (AvgIpc) is 3.04. The van der Waals surface area contributed by atoms with Crippen LogP contribution in [0.2, 0.25) is 0 Å². The summed E-state index contributed by atoms with van der Waals surface area (Å²) in [5.41, 5.74) is 5.51. The number of hydrazone groups is 1. The highest BCUT2D eigenvalue weighted by atomic mass is 32.2. The van der Waals surface area contributed by atoms with Crippen LogP contribution in [0.3, 0.4) is 0 Å². The number of carbonyl (C=O) groups is 1. The Balaban J connectivity index is 1.58. The molecule has 1 aliphatic heterocycles. The molecule has 2 aromatic rings. The number of sulfonamides is 1. The number of thiophene rings is 1. The number of aryl methyl sites for hydroxylation is 3. The van der Waals surface area contributed by atoms with Crippen LogP contribution in [0.1, 0.15) is 40.6 Å². The van der Waals surface area contributed by atoms with Crippen molar-refractivity contribution >= 4 is 33.0 Å². The van der Waals surface area contributed by atoms with E-state index in [0.717, 1.165) is 16.8 Å². The maximum Gasteiger partial charge on any atom is 0.243 e. The second kappa shape index (κ2) is 8.77. The van der Waals surface area contributed by atoms with Crippen molar-refractivity contribution in [3.05, 3.63) is 51.2 Å². The second-order valence-corrected chi connectivity index (χ2v) is 10.9. The van der Waals surface area contributed by atoms with Crippen molar-refractivity contribution in [1.82, 2.24) is 9.73 Å². The predicted molar refractivity (Wildman–Crippen MR) is 117 cm³/mol. The molecule has 6 nitrogen and oxygen atoms in total. The fourth-order valence-corrected chi connectivity index (χ4v) is 5.94. The lowest BCUT2D eigenvalue weighted by Crippen LogP contribution is -2.42. The summed E-state index contributed by atoms with van der Waals surface area (Å²) in [4.78, 5) is 15.2. The molecule has 0 unspecified atom stereocenters. The maximum atomic E-state index is 12.8. The molecular formula is C21H27N3O3S2. The van der Waals surface area contributed by atoms with E-state index in [1.165, 1.54) is 14.1 Å². The summed E-state index contributed by atoms with van der Waals surface area (Å²) < 4.78 is 27.0. The molecule has 1 aromatic heterocycles. The minimum absolute atomic E-state index is 0.152. The van der Waals surface area contributed by atoms with Crippen molar-refractivity contribution in [2.24, 2.45) is 11.0 Å². The van der Waals surface area contributed by atoms with Gasteiger partial charge in [0.2, 0.25) is 15.9 Å². The Labute approximate surface area is 176 Å². The number of hydrogen-bond donors (Lipinski definition) is 1. The van der Waals surface area contributed by atoms with Crippen molar-refractivity contribution in [2.75, 3.05) is 13.1 Å². The number of rotatable bonds is 5. The van der Waals surface area contributed by atoms with Gasteiger partial charge in [0, 0.05) is 34.3 Å². The predicted octanol–water partition coefficient (Wildman–Crippen LogP) is 3.61. The van der Waals surface area contributed by atoms with Gasteiger partial charge in [0.1, 0.15) is 0 Å². The zero-order valence-corrected chi connectivity index (χ0v) is 18.9. The maximum absolute atomic E-state index is 12.8. The summed E-state index contributed by atoms with van der Waals surface area (Å²) in [7, 11) is -3.52. The van der Waals surface area contributed by atoms with Gasteiger partial charge in [-0.2, -0.15) is 9.41 Å². The van der Waals surface area contributed by atoms with E-state index in [4.69, 9.17) is 0 Å². The summed E-state index contributed by atoms with van der Waals surface area (Å²) in [5.74, 6) is -0.386.